The third kappa shape index (κ3) is 1.96. The average Bonchev–Trinajstić information content (AvgIpc) is 2.64. The van der Waals surface area contributed by atoms with Gasteiger partial charge in [0.25, 0.3) is 0 Å². The van der Waals surface area contributed by atoms with E-state index in [1.54, 1.807) is 0 Å². The molecule has 92 valence electrons. The van der Waals surface area contributed by atoms with Crippen molar-refractivity contribution in [3.8, 4) is 0 Å². The van der Waals surface area contributed by atoms with Crippen molar-refractivity contribution in [2.75, 3.05) is 13.2 Å². The Hall–Kier alpha value is -0.610. The number of aliphatic hydroxyl groups excluding tert-OH is 1. The van der Waals surface area contributed by atoms with E-state index < -0.39 is 0 Å². The molecular formula is C12H22N2O2. The summed E-state index contributed by atoms with van der Waals surface area (Å²) in [6.45, 7) is 0.635. The molecule has 16 heavy (non-hydrogen) atoms. The van der Waals surface area contributed by atoms with Crippen LogP contribution in [0, 0.1) is 11.3 Å². The Bertz CT molecular complexity index is 258. The minimum absolute atomic E-state index is 0.117. The summed E-state index contributed by atoms with van der Waals surface area (Å²) in [5, 5.41) is 12.3. The van der Waals surface area contributed by atoms with Gasteiger partial charge in [0.05, 0.1) is 5.41 Å². The zero-order chi connectivity index (χ0) is 11.6. The van der Waals surface area contributed by atoms with Crippen LogP contribution in [0.3, 0.4) is 0 Å². The molecule has 4 N–H and O–H groups in total. The predicted molar refractivity (Wildman–Crippen MR) is 61.7 cm³/mol. The molecule has 0 heterocycles. The summed E-state index contributed by atoms with van der Waals surface area (Å²) in [6.07, 6.45) is 6.08. The lowest BCUT2D eigenvalue weighted by Gasteiger charge is -2.40. The van der Waals surface area contributed by atoms with Gasteiger partial charge in [-0.25, -0.2) is 0 Å². The second kappa shape index (κ2) is 4.72. The molecule has 4 nitrogen and oxygen atoms in total. The molecule has 0 radical (unpaired) electrons. The van der Waals surface area contributed by atoms with Gasteiger partial charge in [-0.2, -0.15) is 0 Å². The third-order valence-corrected chi connectivity index (χ3v) is 4.39. The van der Waals surface area contributed by atoms with Gasteiger partial charge < -0.3 is 16.2 Å². The first-order valence-electron chi connectivity index (χ1n) is 6.34. The Labute approximate surface area is 96.6 Å². The van der Waals surface area contributed by atoms with Crippen LogP contribution in [-0.2, 0) is 4.79 Å². The molecule has 1 amide bonds. The van der Waals surface area contributed by atoms with Crippen LogP contribution < -0.4 is 11.1 Å². The Morgan fingerprint density at radius 2 is 2.12 bits per heavy atom. The van der Waals surface area contributed by atoms with Gasteiger partial charge in [0, 0.05) is 25.1 Å². The lowest BCUT2D eigenvalue weighted by atomic mass is 9.68. The molecule has 0 aromatic rings. The highest BCUT2D eigenvalue weighted by molar-refractivity contribution is 5.84. The van der Waals surface area contributed by atoms with Gasteiger partial charge in [-0.05, 0) is 25.7 Å². The molecular weight excluding hydrogens is 204 g/mol. The van der Waals surface area contributed by atoms with Crippen LogP contribution in [0.1, 0.15) is 38.5 Å². The molecule has 0 aromatic carbocycles. The molecule has 2 aliphatic rings. The number of hydrogen-bond donors (Lipinski definition) is 3. The molecule has 2 aliphatic carbocycles. The second-order valence-electron chi connectivity index (χ2n) is 5.29. The minimum atomic E-state index is -0.289. The number of hydrogen-bond acceptors (Lipinski definition) is 3. The molecule has 4 heteroatoms. The summed E-state index contributed by atoms with van der Waals surface area (Å²) in [5.41, 5.74) is 5.41. The maximum absolute atomic E-state index is 12.1. The first-order chi connectivity index (χ1) is 7.72. The Morgan fingerprint density at radius 3 is 2.62 bits per heavy atom. The fourth-order valence-corrected chi connectivity index (χ4v) is 2.89. The van der Waals surface area contributed by atoms with Gasteiger partial charge in [0.1, 0.15) is 0 Å². The van der Waals surface area contributed by atoms with Crippen LogP contribution in [0.4, 0.5) is 0 Å². The topological polar surface area (TPSA) is 75.4 Å². The highest BCUT2D eigenvalue weighted by Gasteiger charge is 2.44. The quantitative estimate of drug-likeness (QED) is 0.649. The van der Waals surface area contributed by atoms with Crippen molar-refractivity contribution in [2.24, 2.45) is 17.1 Å². The van der Waals surface area contributed by atoms with Gasteiger partial charge in [0.2, 0.25) is 5.91 Å². The van der Waals surface area contributed by atoms with E-state index in [0.29, 0.717) is 6.54 Å². The fraction of sp³-hybridized carbons (Fsp3) is 0.917. The van der Waals surface area contributed by atoms with Gasteiger partial charge in [-0.3, -0.25) is 4.79 Å². The molecule has 0 saturated heterocycles. The number of aliphatic hydroxyl groups is 1. The van der Waals surface area contributed by atoms with Gasteiger partial charge in [-0.15, -0.1) is 0 Å². The molecule has 2 atom stereocenters. The van der Waals surface area contributed by atoms with Crippen molar-refractivity contribution in [3.63, 3.8) is 0 Å². The van der Waals surface area contributed by atoms with Crippen molar-refractivity contribution in [2.45, 2.75) is 44.6 Å². The number of amides is 1. The SMILES string of the molecule is NCC1(C(=O)NC2CCCC2CO)CCC1. The molecule has 2 rings (SSSR count). The first-order valence-corrected chi connectivity index (χ1v) is 6.34. The van der Waals surface area contributed by atoms with Crippen LogP contribution in [-0.4, -0.2) is 30.2 Å². The minimum Gasteiger partial charge on any atom is -0.396 e. The van der Waals surface area contributed by atoms with Crippen LogP contribution >= 0.6 is 0 Å². The summed E-state index contributed by atoms with van der Waals surface area (Å²) in [6, 6.07) is 0.168. The van der Waals surface area contributed by atoms with Gasteiger partial charge in [0.15, 0.2) is 0 Å². The fourth-order valence-electron chi connectivity index (χ4n) is 2.89. The maximum atomic E-state index is 12.1. The molecule has 0 aromatic heterocycles. The summed E-state index contributed by atoms with van der Waals surface area (Å²) in [5.74, 6) is 0.366. The van der Waals surface area contributed by atoms with Crippen molar-refractivity contribution in [3.05, 3.63) is 0 Å². The lowest BCUT2D eigenvalue weighted by molar-refractivity contribution is -0.136. The highest BCUT2D eigenvalue weighted by Crippen LogP contribution is 2.40. The van der Waals surface area contributed by atoms with E-state index in [2.05, 4.69) is 5.32 Å². The van der Waals surface area contributed by atoms with Crippen LogP contribution in [0.15, 0.2) is 0 Å². The summed E-state index contributed by atoms with van der Waals surface area (Å²) in [7, 11) is 0. The summed E-state index contributed by atoms with van der Waals surface area (Å²) in [4.78, 5) is 12.1. The van der Waals surface area contributed by atoms with E-state index in [1.807, 2.05) is 0 Å². The van der Waals surface area contributed by atoms with Crippen molar-refractivity contribution in [1.29, 1.82) is 0 Å². The van der Waals surface area contributed by atoms with E-state index in [0.717, 1.165) is 38.5 Å². The first kappa shape index (κ1) is 11.9. The maximum Gasteiger partial charge on any atom is 0.227 e. The molecule has 0 bridgehead atoms. The smallest absolute Gasteiger partial charge is 0.227 e. The number of rotatable bonds is 4. The number of nitrogens with two attached hydrogens (primary N) is 1. The van der Waals surface area contributed by atoms with Crippen LogP contribution in [0.5, 0.6) is 0 Å². The Balaban J connectivity index is 1.91. The van der Waals surface area contributed by atoms with Crippen LogP contribution in [0.25, 0.3) is 0 Å². The summed E-state index contributed by atoms with van der Waals surface area (Å²) >= 11 is 0. The number of carbonyl (C=O) groups is 1. The lowest BCUT2D eigenvalue weighted by Crippen LogP contribution is -2.53. The third-order valence-electron chi connectivity index (χ3n) is 4.39. The zero-order valence-corrected chi connectivity index (χ0v) is 9.74. The molecule has 0 aliphatic heterocycles. The predicted octanol–water partition coefficient (Wildman–Crippen LogP) is 0.393. The standard InChI is InChI=1S/C12H22N2O2/c13-8-12(5-2-6-12)11(16)14-10-4-1-3-9(10)7-15/h9-10,15H,1-8,13H2,(H,14,16). The van der Waals surface area contributed by atoms with Crippen molar-refractivity contribution < 1.29 is 9.90 Å². The molecule has 0 spiro atoms. The molecule has 2 saturated carbocycles. The normalized spacial score (nSPS) is 32.1. The largest absolute Gasteiger partial charge is 0.396 e. The van der Waals surface area contributed by atoms with Gasteiger partial charge >= 0.3 is 0 Å². The van der Waals surface area contributed by atoms with Crippen molar-refractivity contribution in [1.82, 2.24) is 5.32 Å². The average molecular weight is 226 g/mol. The Kier molecular flexibility index (Phi) is 3.50. The zero-order valence-electron chi connectivity index (χ0n) is 9.74. The van der Waals surface area contributed by atoms with E-state index in [-0.39, 0.29) is 29.9 Å². The van der Waals surface area contributed by atoms with E-state index in [1.165, 1.54) is 0 Å². The van der Waals surface area contributed by atoms with E-state index in [9.17, 15) is 9.90 Å². The number of carbonyl (C=O) groups excluding carboxylic acids is 1. The molecule has 2 fully saturated rings. The van der Waals surface area contributed by atoms with Crippen molar-refractivity contribution >= 4 is 5.91 Å². The number of nitrogens with one attached hydrogen (secondary N) is 1. The highest BCUT2D eigenvalue weighted by atomic mass is 16.3. The van der Waals surface area contributed by atoms with E-state index >= 15 is 0 Å². The van der Waals surface area contributed by atoms with Gasteiger partial charge in [-0.1, -0.05) is 12.8 Å². The Morgan fingerprint density at radius 1 is 1.38 bits per heavy atom. The monoisotopic (exact) mass is 226 g/mol. The summed E-state index contributed by atoms with van der Waals surface area (Å²) < 4.78 is 0. The van der Waals surface area contributed by atoms with E-state index in [4.69, 9.17) is 5.73 Å². The second-order valence-corrected chi connectivity index (χ2v) is 5.29. The molecule has 2 unspecified atom stereocenters. The van der Waals surface area contributed by atoms with Crippen LogP contribution in [0.2, 0.25) is 0 Å².